The topological polar surface area (TPSA) is 95.9 Å². The maximum absolute atomic E-state index is 12.9. The second-order valence-electron chi connectivity index (χ2n) is 8.81. The molecule has 10 heteroatoms. The lowest BCUT2D eigenvalue weighted by Gasteiger charge is -2.28. The molecule has 0 aliphatic carbocycles. The summed E-state index contributed by atoms with van der Waals surface area (Å²) in [6, 6.07) is 16.1. The van der Waals surface area contributed by atoms with Crippen molar-refractivity contribution >= 4 is 46.9 Å². The first-order valence-corrected chi connectivity index (χ1v) is 12.3. The van der Waals surface area contributed by atoms with Gasteiger partial charge in [-0.3, -0.25) is 9.59 Å². The van der Waals surface area contributed by atoms with Gasteiger partial charge in [-0.2, -0.15) is 0 Å². The zero-order chi connectivity index (χ0) is 25.9. The molecule has 9 nitrogen and oxygen atoms in total. The maximum Gasteiger partial charge on any atom is 0.329 e. The van der Waals surface area contributed by atoms with Gasteiger partial charge in [0.1, 0.15) is 12.2 Å². The van der Waals surface area contributed by atoms with Crippen LogP contribution in [0.2, 0.25) is 5.02 Å². The highest BCUT2D eigenvalue weighted by Gasteiger charge is 2.35. The van der Waals surface area contributed by atoms with Gasteiger partial charge in [-0.25, -0.2) is 9.69 Å². The van der Waals surface area contributed by atoms with Crippen molar-refractivity contribution in [1.82, 2.24) is 14.8 Å². The molecule has 5 rings (SSSR count). The lowest BCUT2D eigenvalue weighted by molar-refractivity contribution is -0.127. The summed E-state index contributed by atoms with van der Waals surface area (Å²) in [7, 11) is 0. The SMILES string of the molecule is Cc1ccc(-n2cccc2/C=C2\NC(=O)N(CC(=O)Nc3ccc(N4CCOCC4)cc3)C2=O)cc1Cl. The summed E-state index contributed by atoms with van der Waals surface area (Å²) in [5, 5.41) is 5.94. The molecule has 4 amide bonds. The number of urea groups is 1. The van der Waals surface area contributed by atoms with E-state index in [0.717, 1.165) is 34.9 Å². The van der Waals surface area contributed by atoms with E-state index in [1.165, 1.54) is 0 Å². The van der Waals surface area contributed by atoms with Crippen molar-refractivity contribution in [3.05, 3.63) is 82.8 Å². The zero-order valence-electron chi connectivity index (χ0n) is 20.2. The van der Waals surface area contributed by atoms with E-state index in [0.29, 0.717) is 29.6 Å². The number of anilines is 2. The van der Waals surface area contributed by atoms with Crippen LogP contribution in [0.4, 0.5) is 16.2 Å². The Morgan fingerprint density at radius 1 is 1.08 bits per heavy atom. The molecular weight excluding hydrogens is 494 g/mol. The monoisotopic (exact) mass is 519 g/mol. The molecule has 0 unspecified atom stereocenters. The Morgan fingerprint density at radius 2 is 1.81 bits per heavy atom. The normalized spacial score (nSPS) is 16.9. The van der Waals surface area contributed by atoms with Crippen molar-refractivity contribution in [2.24, 2.45) is 0 Å². The molecular formula is C27H26ClN5O4. The standard InChI is InChI=1S/C27H26ClN5O4/c1-18-4-7-22(15-23(18)28)32-10-2-3-21(32)16-24-26(35)33(27(36)30-24)17-25(34)29-19-5-8-20(9-6-19)31-11-13-37-14-12-31/h2-10,15-16H,11-14,17H2,1H3,(H,29,34)(H,30,36)/b24-16-. The van der Waals surface area contributed by atoms with Gasteiger partial charge < -0.3 is 24.8 Å². The quantitative estimate of drug-likeness (QED) is 0.381. The molecule has 1 aromatic heterocycles. The van der Waals surface area contributed by atoms with E-state index in [4.69, 9.17) is 16.3 Å². The van der Waals surface area contributed by atoms with Crippen LogP contribution >= 0.6 is 11.6 Å². The minimum Gasteiger partial charge on any atom is -0.378 e. The Morgan fingerprint density at radius 3 is 2.54 bits per heavy atom. The molecule has 37 heavy (non-hydrogen) atoms. The van der Waals surface area contributed by atoms with Crippen molar-refractivity contribution in [2.45, 2.75) is 6.92 Å². The number of imide groups is 1. The van der Waals surface area contributed by atoms with Crippen LogP contribution in [-0.4, -0.2) is 60.2 Å². The molecule has 3 heterocycles. The van der Waals surface area contributed by atoms with Gasteiger partial charge in [0.05, 0.1) is 13.2 Å². The number of carbonyl (C=O) groups is 3. The average molecular weight is 520 g/mol. The highest BCUT2D eigenvalue weighted by atomic mass is 35.5. The summed E-state index contributed by atoms with van der Waals surface area (Å²) < 4.78 is 7.23. The summed E-state index contributed by atoms with van der Waals surface area (Å²) in [5.74, 6) is -1.04. The predicted molar refractivity (Wildman–Crippen MR) is 142 cm³/mol. The van der Waals surface area contributed by atoms with Gasteiger partial charge in [-0.15, -0.1) is 0 Å². The summed E-state index contributed by atoms with van der Waals surface area (Å²) in [6.45, 7) is 4.53. The fourth-order valence-corrected chi connectivity index (χ4v) is 4.44. The molecule has 190 valence electrons. The first-order valence-electron chi connectivity index (χ1n) is 11.9. The smallest absolute Gasteiger partial charge is 0.329 e. The second-order valence-corrected chi connectivity index (χ2v) is 9.22. The van der Waals surface area contributed by atoms with Crippen molar-refractivity contribution in [2.75, 3.05) is 43.1 Å². The van der Waals surface area contributed by atoms with E-state index >= 15 is 0 Å². The third-order valence-electron chi connectivity index (χ3n) is 6.30. The molecule has 2 saturated heterocycles. The Balaban J connectivity index is 1.24. The number of nitrogens with one attached hydrogen (secondary N) is 2. The van der Waals surface area contributed by atoms with E-state index in [9.17, 15) is 14.4 Å². The average Bonchev–Trinajstić information content (AvgIpc) is 3.46. The van der Waals surface area contributed by atoms with Crippen LogP contribution in [0.15, 0.2) is 66.5 Å². The maximum atomic E-state index is 12.9. The van der Waals surface area contributed by atoms with Crippen molar-refractivity contribution in [3.63, 3.8) is 0 Å². The molecule has 2 N–H and O–H groups in total. The number of morpholine rings is 1. The van der Waals surface area contributed by atoms with E-state index in [1.807, 2.05) is 60.2 Å². The Hall–Kier alpha value is -4.08. The van der Waals surface area contributed by atoms with Crippen LogP contribution in [-0.2, 0) is 14.3 Å². The van der Waals surface area contributed by atoms with Gasteiger partial charge in [-0.05, 0) is 67.1 Å². The third-order valence-corrected chi connectivity index (χ3v) is 6.70. The number of benzene rings is 2. The van der Waals surface area contributed by atoms with Crippen molar-refractivity contribution in [3.8, 4) is 5.69 Å². The van der Waals surface area contributed by atoms with Crippen molar-refractivity contribution < 1.29 is 19.1 Å². The van der Waals surface area contributed by atoms with Crippen LogP contribution in [0.25, 0.3) is 11.8 Å². The number of hydrogen-bond donors (Lipinski definition) is 2. The van der Waals surface area contributed by atoms with Crippen LogP contribution < -0.4 is 15.5 Å². The van der Waals surface area contributed by atoms with Crippen molar-refractivity contribution in [1.29, 1.82) is 0 Å². The summed E-state index contributed by atoms with van der Waals surface area (Å²) in [4.78, 5) is 41.2. The number of aromatic nitrogens is 1. The number of aryl methyl sites for hydroxylation is 1. The second kappa shape index (κ2) is 10.5. The van der Waals surface area contributed by atoms with Gasteiger partial charge in [-0.1, -0.05) is 17.7 Å². The van der Waals surface area contributed by atoms with Crippen LogP contribution in [0.1, 0.15) is 11.3 Å². The summed E-state index contributed by atoms with van der Waals surface area (Å²) >= 11 is 6.27. The van der Waals surface area contributed by atoms with E-state index in [1.54, 1.807) is 18.2 Å². The molecule has 0 atom stereocenters. The predicted octanol–water partition coefficient (Wildman–Crippen LogP) is 3.81. The molecule has 2 aliphatic rings. The largest absolute Gasteiger partial charge is 0.378 e. The van der Waals surface area contributed by atoms with Crippen LogP contribution in [0, 0.1) is 6.92 Å². The Bertz CT molecular complexity index is 1380. The van der Waals surface area contributed by atoms with E-state index < -0.39 is 24.4 Å². The number of nitrogens with zero attached hydrogens (tertiary/aromatic N) is 3. The minimum atomic E-state index is -0.648. The number of ether oxygens (including phenoxy) is 1. The molecule has 3 aromatic rings. The van der Waals surface area contributed by atoms with Crippen LogP contribution in [0.3, 0.4) is 0 Å². The number of amides is 4. The number of rotatable bonds is 6. The minimum absolute atomic E-state index is 0.0887. The number of hydrogen-bond acceptors (Lipinski definition) is 5. The molecule has 2 fully saturated rings. The first kappa shape index (κ1) is 24.6. The van der Waals surface area contributed by atoms with Gasteiger partial charge >= 0.3 is 6.03 Å². The van der Waals surface area contributed by atoms with Gasteiger partial charge in [0.15, 0.2) is 0 Å². The molecule has 0 bridgehead atoms. The van der Waals surface area contributed by atoms with E-state index in [-0.39, 0.29) is 5.70 Å². The van der Waals surface area contributed by atoms with Gasteiger partial charge in [0.25, 0.3) is 5.91 Å². The molecule has 0 radical (unpaired) electrons. The summed E-state index contributed by atoms with van der Waals surface area (Å²) in [6.07, 6.45) is 3.42. The first-order chi connectivity index (χ1) is 17.9. The third kappa shape index (κ3) is 5.37. The lowest BCUT2D eigenvalue weighted by Crippen LogP contribution is -2.38. The van der Waals surface area contributed by atoms with Gasteiger partial charge in [0.2, 0.25) is 5.91 Å². The number of carbonyl (C=O) groups excluding carboxylic acids is 3. The van der Waals surface area contributed by atoms with Gasteiger partial charge in [0, 0.05) is 47.1 Å². The molecule has 0 spiro atoms. The highest BCUT2D eigenvalue weighted by Crippen LogP contribution is 2.23. The fraction of sp³-hybridized carbons (Fsp3) is 0.222. The molecule has 2 aromatic carbocycles. The fourth-order valence-electron chi connectivity index (χ4n) is 4.26. The molecule has 0 saturated carbocycles. The highest BCUT2D eigenvalue weighted by molar-refractivity contribution is 6.31. The Labute approximate surface area is 219 Å². The Kier molecular flexibility index (Phi) is 6.98. The molecule has 2 aliphatic heterocycles. The van der Waals surface area contributed by atoms with E-state index in [2.05, 4.69) is 15.5 Å². The summed E-state index contributed by atoms with van der Waals surface area (Å²) in [5.41, 5.74) is 4.17. The van der Waals surface area contributed by atoms with Crippen LogP contribution in [0.5, 0.6) is 0 Å². The zero-order valence-corrected chi connectivity index (χ0v) is 21.0. The number of halogens is 1. The lowest BCUT2D eigenvalue weighted by atomic mass is 10.2.